The van der Waals surface area contributed by atoms with Crippen molar-refractivity contribution in [1.82, 2.24) is 10.2 Å². The summed E-state index contributed by atoms with van der Waals surface area (Å²) in [5, 5.41) is 22.6. The summed E-state index contributed by atoms with van der Waals surface area (Å²) in [6.45, 7) is 11.6. The first kappa shape index (κ1) is 37.6. The van der Waals surface area contributed by atoms with Gasteiger partial charge in [-0.25, -0.2) is 4.79 Å². The third-order valence-corrected chi connectivity index (χ3v) is 13.2. The molecule has 7 nitrogen and oxygen atoms in total. The highest BCUT2D eigenvalue weighted by Gasteiger charge is 2.48. The molecule has 1 amide bonds. The Morgan fingerprint density at radius 2 is 1.85 bits per heavy atom. The van der Waals surface area contributed by atoms with E-state index >= 15 is 0 Å². The molecule has 1 aliphatic heterocycles. The molecule has 5 rings (SSSR count). The molecule has 3 N–H and O–H groups in total. The van der Waals surface area contributed by atoms with Crippen LogP contribution >= 0.6 is 0 Å². The molecule has 0 aromatic heterocycles. The highest BCUT2D eigenvalue weighted by molar-refractivity contribution is 5.67. The number of unbranched alkanes of at least 4 members (excludes halogenated alkanes) is 2. The second-order valence-electron chi connectivity index (χ2n) is 16.7. The quantitative estimate of drug-likeness (QED) is 0.121. The van der Waals surface area contributed by atoms with Gasteiger partial charge in [-0.15, -0.1) is 0 Å². The first-order valence-electron chi connectivity index (χ1n) is 19.7. The maximum Gasteiger partial charge on any atom is 0.407 e. The zero-order chi connectivity index (χ0) is 34.3. The van der Waals surface area contributed by atoms with E-state index in [0.29, 0.717) is 25.6 Å². The zero-order valence-corrected chi connectivity index (χ0v) is 30.9. The van der Waals surface area contributed by atoms with Crippen LogP contribution in [0.25, 0.3) is 0 Å². The minimum Gasteiger partial charge on any atom is -0.446 e. The summed E-state index contributed by atoms with van der Waals surface area (Å²) >= 11 is 0. The summed E-state index contributed by atoms with van der Waals surface area (Å²) in [7, 11) is 1.71. The summed E-state index contributed by atoms with van der Waals surface area (Å²) in [5.41, 5.74) is 5.28. The number of aliphatic hydroxyl groups excluding tert-OH is 2. The standard InChI is InChI=1S/C41H68N2O5/c1-28(2)12-11-13-29(3)33-19-20-35-34(33)14-8-9-15-37-36(35)18-17-31-24-32(21-22-41(31,37)4)48-40(46)42-23-10-6-7-16-39(47-5)43-25-30(27-44)38(45)26-43/h8-9,17,28-30,32-34,37-39,44-45H,6-7,10-16,18-27H2,1-5H3,(H,42,46)/t29-,30?,32?,33?,34-,37?,38?,39?,41?/m0/s1. The molecule has 0 bridgehead atoms. The Bertz CT molecular complexity index is 1150. The molecule has 7 heteroatoms. The fourth-order valence-corrected chi connectivity index (χ4v) is 10.2. The van der Waals surface area contributed by atoms with Gasteiger partial charge in [-0.2, -0.15) is 0 Å². The molecule has 9 atom stereocenters. The van der Waals surface area contributed by atoms with E-state index in [1.54, 1.807) is 12.7 Å². The van der Waals surface area contributed by atoms with Gasteiger partial charge in [0.05, 0.1) is 6.10 Å². The van der Waals surface area contributed by atoms with Crippen LogP contribution in [-0.2, 0) is 9.47 Å². The number of carbonyl (C=O) groups excluding carboxylic acids is 1. The monoisotopic (exact) mass is 669 g/mol. The summed E-state index contributed by atoms with van der Waals surface area (Å²) in [6.07, 6.45) is 23.5. The van der Waals surface area contributed by atoms with Crippen LogP contribution < -0.4 is 5.32 Å². The average Bonchev–Trinajstić information content (AvgIpc) is 3.64. The number of amides is 1. The van der Waals surface area contributed by atoms with E-state index in [2.05, 4.69) is 56.1 Å². The number of β-amino-alcohol motifs (C(OH)–C–C–N with tert-alkyl or cyclic N) is 1. The Kier molecular flexibility index (Phi) is 13.7. The van der Waals surface area contributed by atoms with Crippen LogP contribution in [-0.4, -0.2) is 73.0 Å². The maximum absolute atomic E-state index is 12.8. The number of alkyl carbamates (subject to hydrolysis) is 1. The van der Waals surface area contributed by atoms with Crippen LogP contribution in [0.15, 0.2) is 34.9 Å². The lowest BCUT2D eigenvalue weighted by Crippen LogP contribution is -2.42. The molecule has 1 saturated heterocycles. The summed E-state index contributed by atoms with van der Waals surface area (Å²) in [6, 6.07) is 0. The predicted octanol–water partition coefficient (Wildman–Crippen LogP) is 8.17. The number of nitrogens with zero attached hydrogens (tertiary/aromatic N) is 1. The van der Waals surface area contributed by atoms with Gasteiger partial charge in [-0.05, 0) is 99.2 Å². The van der Waals surface area contributed by atoms with Crippen molar-refractivity contribution < 1.29 is 24.5 Å². The van der Waals surface area contributed by atoms with Crippen molar-refractivity contribution in [1.29, 1.82) is 0 Å². The molecular weight excluding hydrogens is 600 g/mol. The smallest absolute Gasteiger partial charge is 0.407 e. The zero-order valence-electron chi connectivity index (χ0n) is 30.9. The number of ether oxygens (including phenoxy) is 2. The maximum atomic E-state index is 12.8. The first-order valence-corrected chi connectivity index (χ1v) is 19.7. The van der Waals surface area contributed by atoms with E-state index in [1.807, 2.05) is 5.57 Å². The van der Waals surface area contributed by atoms with E-state index in [1.165, 1.54) is 44.1 Å². The van der Waals surface area contributed by atoms with Crippen molar-refractivity contribution in [2.45, 2.75) is 142 Å². The lowest BCUT2D eigenvalue weighted by molar-refractivity contribution is -0.0321. The summed E-state index contributed by atoms with van der Waals surface area (Å²) in [5.74, 6) is 3.66. The van der Waals surface area contributed by atoms with E-state index in [-0.39, 0.29) is 36.4 Å². The Hall–Kier alpha value is -1.67. The number of aliphatic hydroxyl groups is 2. The normalized spacial score (nSPS) is 33.4. The number of methoxy groups -OCH3 is 1. The Morgan fingerprint density at radius 3 is 2.60 bits per heavy atom. The minimum absolute atomic E-state index is 0.00396. The molecule has 5 aliphatic rings. The van der Waals surface area contributed by atoms with Gasteiger partial charge in [0.25, 0.3) is 0 Å². The molecule has 2 saturated carbocycles. The molecule has 3 fully saturated rings. The van der Waals surface area contributed by atoms with Gasteiger partial charge in [-0.1, -0.05) is 88.3 Å². The second-order valence-corrected chi connectivity index (χ2v) is 16.7. The van der Waals surface area contributed by atoms with Crippen molar-refractivity contribution in [3.05, 3.63) is 34.9 Å². The predicted molar refractivity (Wildman–Crippen MR) is 193 cm³/mol. The van der Waals surface area contributed by atoms with E-state index in [0.717, 1.165) is 81.5 Å². The van der Waals surface area contributed by atoms with Gasteiger partial charge in [0.1, 0.15) is 12.3 Å². The number of allylic oxidation sites excluding steroid dienone is 5. The van der Waals surface area contributed by atoms with Crippen molar-refractivity contribution >= 4 is 6.09 Å². The van der Waals surface area contributed by atoms with Gasteiger partial charge in [-0.3, -0.25) is 4.90 Å². The third-order valence-electron chi connectivity index (χ3n) is 13.2. The number of hydrogen-bond donors (Lipinski definition) is 3. The fraction of sp³-hybridized carbons (Fsp3) is 0.829. The van der Waals surface area contributed by atoms with Gasteiger partial charge in [0.15, 0.2) is 0 Å². The molecular formula is C41H68N2O5. The van der Waals surface area contributed by atoms with E-state index in [4.69, 9.17) is 9.47 Å². The molecule has 0 aromatic carbocycles. The number of nitrogens with one attached hydrogen (secondary N) is 1. The second kappa shape index (κ2) is 17.5. The Balaban J connectivity index is 1.08. The van der Waals surface area contributed by atoms with Gasteiger partial charge >= 0.3 is 6.09 Å². The number of fused-ring (bicyclic) bond motifs is 4. The van der Waals surface area contributed by atoms with Crippen LogP contribution in [0.1, 0.15) is 124 Å². The van der Waals surface area contributed by atoms with Crippen LogP contribution in [0.3, 0.4) is 0 Å². The molecule has 0 spiro atoms. The molecule has 0 aromatic rings. The largest absolute Gasteiger partial charge is 0.446 e. The van der Waals surface area contributed by atoms with E-state index in [9.17, 15) is 15.0 Å². The topological polar surface area (TPSA) is 91.3 Å². The Labute approximate surface area is 292 Å². The van der Waals surface area contributed by atoms with Crippen molar-refractivity contribution in [3.63, 3.8) is 0 Å². The highest BCUT2D eigenvalue weighted by atomic mass is 16.6. The average molecular weight is 669 g/mol. The highest BCUT2D eigenvalue weighted by Crippen LogP contribution is 2.58. The molecule has 272 valence electrons. The molecule has 7 unspecified atom stereocenters. The molecule has 4 aliphatic carbocycles. The van der Waals surface area contributed by atoms with Crippen LogP contribution in [0.4, 0.5) is 4.79 Å². The van der Waals surface area contributed by atoms with Gasteiger partial charge in [0, 0.05) is 45.7 Å². The number of hydrogen-bond acceptors (Lipinski definition) is 6. The van der Waals surface area contributed by atoms with Crippen molar-refractivity contribution in [2.75, 3.05) is 33.4 Å². The van der Waals surface area contributed by atoms with Gasteiger partial charge in [0.2, 0.25) is 0 Å². The Morgan fingerprint density at radius 1 is 1.04 bits per heavy atom. The molecule has 48 heavy (non-hydrogen) atoms. The number of carbonyl (C=O) groups is 1. The summed E-state index contributed by atoms with van der Waals surface area (Å²) in [4.78, 5) is 14.9. The fourth-order valence-electron chi connectivity index (χ4n) is 10.2. The summed E-state index contributed by atoms with van der Waals surface area (Å²) < 4.78 is 11.7. The molecule has 1 heterocycles. The van der Waals surface area contributed by atoms with E-state index < -0.39 is 6.10 Å². The van der Waals surface area contributed by atoms with Crippen LogP contribution in [0.5, 0.6) is 0 Å². The first-order chi connectivity index (χ1) is 23.1. The van der Waals surface area contributed by atoms with Gasteiger partial charge < -0.3 is 25.0 Å². The van der Waals surface area contributed by atoms with Crippen LogP contribution in [0, 0.1) is 40.9 Å². The SMILES string of the molecule is COC(CCCCCNC(=O)OC1CCC2(C)C(=CCC3=C4CCC([C@@H](C)CCCC(C)C)[C@@H]4CC=CCC32)C1)N1CC(O)C(CO)C1. The lowest BCUT2D eigenvalue weighted by Gasteiger charge is -2.49. The number of likely N-dealkylation sites (tertiary alicyclic amines) is 1. The molecule has 0 radical (unpaired) electrons. The van der Waals surface area contributed by atoms with Crippen LogP contribution in [0.2, 0.25) is 0 Å². The van der Waals surface area contributed by atoms with Crippen molar-refractivity contribution in [2.24, 2.45) is 40.9 Å². The number of rotatable bonds is 15. The third kappa shape index (κ3) is 8.97. The van der Waals surface area contributed by atoms with Crippen molar-refractivity contribution in [3.8, 4) is 0 Å². The minimum atomic E-state index is -0.491. The lowest BCUT2D eigenvalue weighted by atomic mass is 9.56.